The molecule has 0 aromatic carbocycles. The van der Waals surface area contributed by atoms with Crippen molar-refractivity contribution in [3.63, 3.8) is 0 Å². The minimum Gasteiger partial charge on any atom is -0.303 e. The topological polar surface area (TPSA) is 134 Å². The molecule has 0 spiro atoms. The van der Waals surface area contributed by atoms with Crippen LogP contribution in [0.4, 0.5) is 0 Å². The lowest BCUT2D eigenvalue weighted by Gasteiger charge is -2.15. The Morgan fingerprint density at radius 3 is 1.73 bits per heavy atom. The first kappa shape index (κ1) is 28.4. The van der Waals surface area contributed by atoms with Gasteiger partial charge in [0.25, 0.3) is 0 Å². The second-order valence-electron chi connectivity index (χ2n) is 6.32. The summed E-state index contributed by atoms with van der Waals surface area (Å²) in [6.07, 6.45) is 8.31. The lowest BCUT2D eigenvalue weighted by Crippen LogP contribution is -2.09. The molecular weight excluding hydrogens is 382 g/mol. The highest BCUT2D eigenvalue weighted by atomic mass is 31.2. The lowest BCUT2D eigenvalue weighted by atomic mass is 10.0. The Balaban J connectivity index is 0. The van der Waals surface area contributed by atoms with E-state index in [0.717, 1.165) is 51.4 Å². The molecule has 0 bridgehead atoms. The number of hydrogen-bond acceptors (Lipinski definition) is 4. The van der Waals surface area contributed by atoms with E-state index in [9.17, 15) is 9.13 Å². The van der Waals surface area contributed by atoms with E-state index in [-0.39, 0.29) is 18.6 Å². The third-order valence-corrected chi connectivity index (χ3v) is 4.95. The molecule has 0 rings (SSSR count). The number of rotatable bonds is 14. The van der Waals surface area contributed by atoms with Crippen LogP contribution in [0.5, 0.6) is 0 Å². The number of unbranched alkanes of at least 4 members (excludes halogenated alkanes) is 3. The molecule has 0 amide bonds. The van der Waals surface area contributed by atoms with Gasteiger partial charge < -0.3 is 19.6 Å². The van der Waals surface area contributed by atoms with Gasteiger partial charge in [0.15, 0.2) is 0 Å². The fourth-order valence-corrected chi connectivity index (χ4v) is 3.30. The Morgan fingerprint density at radius 2 is 1.35 bits per heavy atom. The molecule has 0 saturated carbocycles. The van der Waals surface area contributed by atoms with Crippen molar-refractivity contribution >= 4 is 15.6 Å². The predicted octanol–water partition coefficient (Wildman–Crippen LogP) is 4.77. The smallest absolute Gasteiger partial charge is 0.303 e. The monoisotopic (exact) mass is 420 g/mol. The summed E-state index contributed by atoms with van der Waals surface area (Å²) in [5, 5.41) is 0. The second-order valence-corrected chi connectivity index (χ2v) is 8.76. The Kier molecular flexibility index (Phi) is 17.7. The van der Waals surface area contributed by atoms with Crippen LogP contribution in [0, 0.1) is 5.92 Å². The SMILES string of the molecule is CCCCC(CC)COP(=O)(O)O.CCCCCC(CC)OP(=O)(O)O. The van der Waals surface area contributed by atoms with E-state index in [1.165, 1.54) is 0 Å². The summed E-state index contributed by atoms with van der Waals surface area (Å²) in [4.78, 5) is 34.1. The molecule has 0 saturated heterocycles. The molecule has 0 heterocycles. The molecule has 0 aliphatic carbocycles. The van der Waals surface area contributed by atoms with Crippen molar-refractivity contribution in [2.24, 2.45) is 5.92 Å². The Morgan fingerprint density at radius 1 is 0.769 bits per heavy atom. The maximum atomic E-state index is 10.5. The highest BCUT2D eigenvalue weighted by Gasteiger charge is 2.20. The van der Waals surface area contributed by atoms with Crippen molar-refractivity contribution in [3.05, 3.63) is 0 Å². The first-order valence-corrected chi connectivity index (χ1v) is 12.5. The van der Waals surface area contributed by atoms with Crippen molar-refractivity contribution in [3.8, 4) is 0 Å². The molecule has 160 valence electrons. The molecule has 4 N–H and O–H groups in total. The quantitative estimate of drug-likeness (QED) is 0.233. The summed E-state index contributed by atoms with van der Waals surface area (Å²) in [6.45, 7) is 8.22. The van der Waals surface area contributed by atoms with Crippen LogP contribution in [-0.4, -0.2) is 32.3 Å². The van der Waals surface area contributed by atoms with E-state index in [2.05, 4.69) is 22.9 Å². The molecular formula is C16H38O8P2. The number of phosphoric ester groups is 2. The van der Waals surface area contributed by atoms with Crippen LogP contribution in [0.15, 0.2) is 0 Å². The van der Waals surface area contributed by atoms with Crippen molar-refractivity contribution < 1.29 is 37.8 Å². The molecule has 0 aromatic heterocycles. The maximum Gasteiger partial charge on any atom is 0.469 e. The first-order chi connectivity index (χ1) is 12.0. The summed E-state index contributed by atoms with van der Waals surface area (Å²) in [7, 11) is -8.55. The fourth-order valence-electron chi connectivity index (χ4n) is 2.25. The zero-order valence-corrected chi connectivity index (χ0v) is 18.3. The minimum absolute atomic E-state index is 0.167. The highest BCUT2D eigenvalue weighted by Crippen LogP contribution is 2.39. The van der Waals surface area contributed by atoms with Crippen LogP contribution in [-0.2, 0) is 18.2 Å². The van der Waals surface area contributed by atoms with Crippen LogP contribution in [0.25, 0.3) is 0 Å². The fraction of sp³-hybridized carbons (Fsp3) is 1.00. The summed E-state index contributed by atoms with van der Waals surface area (Å²) in [5.41, 5.74) is 0. The van der Waals surface area contributed by atoms with E-state index in [4.69, 9.17) is 19.6 Å². The van der Waals surface area contributed by atoms with Crippen LogP contribution in [0.2, 0.25) is 0 Å². The predicted molar refractivity (Wildman–Crippen MR) is 103 cm³/mol. The molecule has 10 heteroatoms. The second kappa shape index (κ2) is 16.2. The van der Waals surface area contributed by atoms with Crippen molar-refractivity contribution in [1.82, 2.24) is 0 Å². The van der Waals surface area contributed by atoms with Gasteiger partial charge in [-0.3, -0.25) is 9.05 Å². The average Bonchev–Trinajstić information content (AvgIpc) is 2.53. The largest absolute Gasteiger partial charge is 0.469 e. The Hall–Kier alpha value is 0.220. The Bertz CT molecular complexity index is 407. The highest BCUT2D eigenvalue weighted by molar-refractivity contribution is 7.46. The zero-order valence-electron chi connectivity index (χ0n) is 16.5. The molecule has 8 nitrogen and oxygen atoms in total. The van der Waals surface area contributed by atoms with Crippen LogP contribution in [0.3, 0.4) is 0 Å². The van der Waals surface area contributed by atoms with Gasteiger partial charge in [-0.2, -0.15) is 0 Å². The normalized spacial score (nSPS) is 14.5. The molecule has 2 atom stereocenters. The van der Waals surface area contributed by atoms with E-state index >= 15 is 0 Å². The van der Waals surface area contributed by atoms with Crippen molar-refractivity contribution in [2.45, 2.75) is 91.6 Å². The van der Waals surface area contributed by atoms with Gasteiger partial charge >= 0.3 is 15.6 Å². The molecule has 0 aromatic rings. The van der Waals surface area contributed by atoms with Crippen LogP contribution >= 0.6 is 15.6 Å². The van der Waals surface area contributed by atoms with E-state index in [1.807, 2.05) is 13.8 Å². The van der Waals surface area contributed by atoms with Gasteiger partial charge in [0.2, 0.25) is 0 Å². The number of hydrogen-bond donors (Lipinski definition) is 4. The van der Waals surface area contributed by atoms with Crippen LogP contribution < -0.4 is 0 Å². The van der Waals surface area contributed by atoms with Crippen LogP contribution in [0.1, 0.15) is 85.5 Å². The first-order valence-electron chi connectivity index (χ1n) is 9.42. The molecule has 0 aliphatic rings. The standard InChI is InChI=1S/2C8H19O4P/c1-3-5-6-8(4-2)7-12-13(9,10)11;1-3-5-6-7-8(4-2)12-13(9,10)11/h2*8H,3-7H2,1-2H3,(H2,9,10,11). The average molecular weight is 420 g/mol. The molecule has 2 unspecified atom stereocenters. The summed E-state index contributed by atoms with van der Waals surface area (Å²) >= 11 is 0. The number of phosphoric acid groups is 2. The van der Waals surface area contributed by atoms with E-state index in [0.29, 0.717) is 6.42 Å². The summed E-state index contributed by atoms with van der Waals surface area (Å²) < 4.78 is 29.9. The third-order valence-electron chi connectivity index (χ3n) is 3.89. The molecule has 0 fully saturated rings. The maximum absolute atomic E-state index is 10.5. The van der Waals surface area contributed by atoms with Gasteiger partial charge in [0.1, 0.15) is 0 Å². The third kappa shape index (κ3) is 22.3. The van der Waals surface area contributed by atoms with Gasteiger partial charge in [-0.25, -0.2) is 9.13 Å². The zero-order chi connectivity index (χ0) is 20.6. The van der Waals surface area contributed by atoms with Crippen molar-refractivity contribution in [1.29, 1.82) is 0 Å². The van der Waals surface area contributed by atoms with Crippen molar-refractivity contribution in [2.75, 3.05) is 6.61 Å². The molecule has 0 radical (unpaired) electrons. The van der Waals surface area contributed by atoms with E-state index in [1.54, 1.807) is 0 Å². The van der Waals surface area contributed by atoms with Gasteiger partial charge in [-0.05, 0) is 25.2 Å². The summed E-state index contributed by atoms with van der Waals surface area (Å²) in [5.74, 6) is 0.271. The van der Waals surface area contributed by atoms with Gasteiger partial charge in [-0.15, -0.1) is 0 Å². The molecule has 0 aliphatic heterocycles. The lowest BCUT2D eigenvalue weighted by molar-refractivity contribution is 0.121. The van der Waals surface area contributed by atoms with Gasteiger partial charge in [-0.1, -0.05) is 66.2 Å². The minimum atomic E-state index is -4.29. The van der Waals surface area contributed by atoms with Gasteiger partial charge in [0.05, 0.1) is 12.7 Å². The Labute approximate surface area is 158 Å². The van der Waals surface area contributed by atoms with Gasteiger partial charge in [0, 0.05) is 0 Å². The molecule has 26 heavy (non-hydrogen) atoms. The summed E-state index contributed by atoms with van der Waals surface area (Å²) in [6, 6.07) is 0. The van der Waals surface area contributed by atoms with E-state index < -0.39 is 15.6 Å².